The molecule has 230 valence electrons. The average molecular weight is 601 g/mol. The summed E-state index contributed by atoms with van der Waals surface area (Å²) in [5.41, 5.74) is 2.36. The maximum absolute atomic E-state index is 14.5. The molecule has 5 rings (SSSR count). The van der Waals surface area contributed by atoms with Crippen molar-refractivity contribution in [1.29, 1.82) is 0 Å². The van der Waals surface area contributed by atoms with E-state index in [2.05, 4.69) is 4.90 Å². The van der Waals surface area contributed by atoms with Crippen LogP contribution in [0.2, 0.25) is 0 Å². The summed E-state index contributed by atoms with van der Waals surface area (Å²) in [5.74, 6) is -1.34. The van der Waals surface area contributed by atoms with Crippen LogP contribution in [0.25, 0.3) is 0 Å². The van der Waals surface area contributed by atoms with Crippen molar-refractivity contribution in [3.63, 3.8) is 0 Å². The number of rotatable bonds is 12. The quantitative estimate of drug-likeness (QED) is 0.185. The van der Waals surface area contributed by atoms with Crippen molar-refractivity contribution in [1.82, 2.24) is 9.80 Å². The lowest BCUT2D eigenvalue weighted by Crippen LogP contribution is -2.58. The molecule has 4 aromatic rings. The molecule has 0 aromatic heterocycles. The zero-order chi connectivity index (χ0) is 31.1. The van der Waals surface area contributed by atoms with Gasteiger partial charge in [0.05, 0.1) is 25.4 Å². The van der Waals surface area contributed by atoms with Gasteiger partial charge in [0.2, 0.25) is 0 Å². The lowest BCUT2D eigenvalue weighted by molar-refractivity contribution is -0.0772. The number of halogens is 2. The van der Waals surface area contributed by atoms with Gasteiger partial charge >= 0.3 is 6.09 Å². The Hall–Kier alpha value is -4.11. The second kappa shape index (κ2) is 14.1. The number of benzene rings is 4. The van der Waals surface area contributed by atoms with Crippen LogP contribution in [-0.4, -0.2) is 51.5 Å². The van der Waals surface area contributed by atoms with Crippen LogP contribution in [0, 0.1) is 11.6 Å². The van der Waals surface area contributed by atoms with Gasteiger partial charge in [0.25, 0.3) is 0 Å². The standard InChI is InChI=1S/C36H38F2N2O4/c1-36(2)40(35(41)42)33(25-44-36)34(43-24-28-16-10-5-11-17-28)32(20-29-18-30(37)21-31(38)19-29)39(22-26-12-6-3-7-13-26)23-27-14-8-4-9-15-27/h3-19,21,32-34H,20,22-25H2,1-2H3,(H,41,42)/t32-,33+,34+/m0/s1. The molecular formula is C36H38F2N2O4. The number of nitrogens with zero attached hydrogens (tertiary/aromatic N) is 2. The molecule has 0 aliphatic carbocycles. The zero-order valence-electron chi connectivity index (χ0n) is 25.0. The molecule has 1 saturated heterocycles. The number of hydrogen-bond donors (Lipinski definition) is 1. The highest BCUT2D eigenvalue weighted by Gasteiger charge is 2.50. The predicted octanol–water partition coefficient (Wildman–Crippen LogP) is 7.28. The topological polar surface area (TPSA) is 62.2 Å². The highest BCUT2D eigenvalue weighted by atomic mass is 19.1. The molecule has 1 heterocycles. The van der Waals surface area contributed by atoms with Crippen LogP contribution in [0.15, 0.2) is 109 Å². The second-order valence-electron chi connectivity index (χ2n) is 11.7. The molecule has 8 heteroatoms. The molecule has 1 amide bonds. The second-order valence-corrected chi connectivity index (χ2v) is 11.7. The molecule has 1 fully saturated rings. The Balaban J connectivity index is 1.62. The maximum atomic E-state index is 14.5. The van der Waals surface area contributed by atoms with Crippen LogP contribution in [-0.2, 0) is 35.6 Å². The van der Waals surface area contributed by atoms with Gasteiger partial charge in [0.1, 0.15) is 17.4 Å². The fourth-order valence-electron chi connectivity index (χ4n) is 6.04. The van der Waals surface area contributed by atoms with E-state index in [1.54, 1.807) is 13.8 Å². The molecule has 1 aliphatic rings. The summed E-state index contributed by atoms with van der Waals surface area (Å²) in [4.78, 5) is 16.2. The molecule has 1 N–H and O–H groups in total. The molecule has 0 saturated carbocycles. The van der Waals surface area contributed by atoms with E-state index in [-0.39, 0.29) is 19.6 Å². The molecule has 0 unspecified atom stereocenters. The van der Waals surface area contributed by atoms with Gasteiger partial charge in [-0.05, 0) is 54.7 Å². The Morgan fingerprint density at radius 2 is 1.36 bits per heavy atom. The van der Waals surface area contributed by atoms with E-state index in [0.29, 0.717) is 18.7 Å². The minimum Gasteiger partial charge on any atom is -0.465 e. The lowest BCUT2D eigenvalue weighted by Gasteiger charge is -2.42. The molecule has 0 spiro atoms. The third-order valence-corrected chi connectivity index (χ3v) is 8.06. The summed E-state index contributed by atoms with van der Waals surface area (Å²) in [7, 11) is 0. The molecule has 0 bridgehead atoms. The number of amides is 1. The predicted molar refractivity (Wildman–Crippen MR) is 165 cm³/mol. The molecule has 44 heavy (non-hydrogen) atoms. The number of carboxylic acid groups (broad SMARTS) is 1. The van der Waals surface area contributed by atoms with Gasteiger partial charge in [-0.15, -0.1) is 0 Å². The Morgan fingerprint density at radius 1 is 0.864 bits per heavy atom. The minimum atomic E-state index is -1.13. The number of hydrogen-bond acceptors (Lipinski definition) is 4. The van der Waals surface area contributed by atoms with Crippen molar-refractivity contribution >= 4 is 6.09 Å². The Morgan fingerprint density at radius 3 is 1.86 bits per heavy atom. The lowest BCUT2D eigenvalue weighted by atomic mass is 9.92. The maximum Gasteiger partial charge on any atom is 0.410 e. The smallest absolute Gasteiger partial charge is 0.410 e. The summed E-state index contributed by atoms with van der Waals surface area (Å²) >= 11 is 0. The molecule has 1 aliphatic heterocycles. The van der Waals surface area contributed by atoms with Crippen LogP contribution in [0.1, 0.15) is 36.1 Å². The Bertz CT molecular complexity index is 1440. The monoisotopic (exact) mass is 600 g/mol. The fourth-order valence-corrected chi connectivity index (χ4v) is 6.04. The molecule has 3 atom stereocenters. The first-order chi connectivity index (χ1) is 21.2. The van der Waals surface area contributed by atoms with E-state index < -0.39 is 41.6 Å². The molecule has 4 aromatic carbocycles. The van der Waals surface area contributed by atoms with Gasteiger partial charge in [-0.25, -0.2) is 13.6 Å². The van der Waals surface area contributed by atoms with Crippen molar-refractivity contribution in [3.05, 3.63) is 143 Å². The van der Waals surface area contributed by atoms with Crippen molar-refractivity contribution in [2.75, 3.05) is 6.61 Å². The van der Waals surface area contributed by atoms with Crippen molar-refractivity contribution in [2.24, 2.45) is 0 Å². The number of ether oxygens (including phenoxy) is 2. The van der Waals surface area contributed by atoms with Crippen LogP contribution < -0.4 is 0 Å². The van der Waals surface area contributed by atoms with Crippen molar-refractivity contribution < 1.29 is 28.2 Å². The van der Waals surface area contributed by atoms with E-state index in [0.717, 1.165) is 22.8 Å². The highest BCUT2D eigenvalue weighted by molar-refractivity contribution is 5.67. The molecule has 6 nitrogen and oxygen atoms in total. The Kier molecular flexibility index (Phi) is 10.0. The third kappa shape index (κ3) is 7.88. The minimum absolute atomic E-state index is 0.108. The SMILES string of the molecule is CC1(C)OC[C@H]([C@H](OCc2ccccc2)[C@H](Cc2cc(F)cc(F)c2)N(Cc2ccccc2)Cc2ccccc2)N1C(=O)O. The Labute approximate surface area is 257 Å². The van der Waals surface area contributed by atoms with E-state index in [1.807, 2.05) is 91.0 Å². The van der Waals surface area contributed by atoms with Gasteiger partial charge in [-0.2, -0.15) is 0 Å². The first kappa shape index (κ1) is 31.3. The largest absolute Gasteiger partial charge is 0.465 e. The van der Waals surface area contributed by atoms with Crippen molar-refractivity contribution in [2.45, 2.75) is 63.9 Å². The molecular weight excluding hydrogens is 562 g/mol. The van der Waals surface area contributed by atoms with Crippen molar-refractivity contribution in [3.8, 4) is 0 Å². The summed E-state index contributed by atoms with van der Waals surface area (Å²) in [5, 5.41) is 10.4. The zero-order valence-corrected chi connectivity index (χ0v) is 25.0. The average Bonchev–Trinajstić information content (AvgIpc) is 3.32. The van der Waals surface area contributed by atoms with Gasteiger partial charge in [0.15, 0.2) is 0 Å². The third-order valence-electron chi connectivity index (χ3n) is 8.06. The van der Waals surface area contributed by atoms with Crippen LogP contribution in [0.5, 0.6) is 0 Å². The highest BCUT2D eigenvalue weighted by Crippen LogP contribution is 2.34. The van der Waals surface area contributed by atoms with E-state index in [1.165, 1.54) is 17.0 Å². The van der Waals surface area contributed by atoms with Crippen LogP contribution in [0.4, 0.5) is 13.6 Å². The van der Waals surface area contributed by atoms with E-state index in [4.69, 9.17) is 9.47 Å². The van der Waals surface area contributed by atoms with Gasteiger partial charge in [-0.3, -0.25) is 9.80 Å². The fraction of sp³-hybridized carbons (Fsp3) is 0.306. The van der Waals surface area contributed by atoms with Gasteiger partial charge < -0.3 is 14.6 Å². The van der Waals surface area contributed by atoms with Crippen LogP contribution >= 0.6 is 0 Å². The van der Waals surface area contributed by atoms with Gasteiger partial charge in [-0.1, -0.05) is 91.0 Å². The summed E-state index contributed by atoms with van der Waals surface area (Å²) in [6.07, 6.45) is -1.65. The van der Waals surface area contributed by atoms with Crippen LogP contribution in [0.3, 0.4) is 0 Å². The molecule has 0 radical (unpaired) electrons. The summed E-state index contributed by atoms with van der Waals surface area (Å²) in [6, 6.07) is 31.9. The first-order valence-electron chi connectivity index (χ1n) is 14.8. The summed E-state index contributed by atoms with van der Waals surface area (Å²) < 4.78 is 41.8. The van der Waals surface area contributed by atoms with E-state index >= 15 is 0 Å². The summed E-state index contributed by atoms with van der Waals surface area (Å²) in [6.45, 7) is 4.75. The van der Waals surface area contributed by atoms with Gasteiger partial charge in [0, 0.05) is 25.2 Å². The number of carbonyl (C=O) groups is 1. The van der Waals surface area contributed by atoms with E-state index in [9.17, 15) is 18.7 Å². The normalized spacial score (nSPS) is 17.5. The first-order valence-corrected chi connectivity index (χ1v) is 14.8.